The van der Waals surface area contributed by atoms with Gasteiger partial charge in [0.05, 0.1) is 17.1 Å². The van der Waals surface area contributed by atoms with Crippen molar-refractivity contribution < 1.29 is 5.11 Å². The van der Waals surface area contributed by atoms with Crippen LogP contribution in [-0.4, -0.2) is 24.6 Å². The second-order valence-corrected chi connectivity index (χ2v) is 6.52. The van der Waals surface area contributed by atoms with Gasteiger partial charge in [0.15, 0.2) is 5.82 Å². The lowest BCUT2D eigenvalue weighted by Gasteiger charge is -2.16. The first-order valence-electron chi connectivity index (χ1n) is 7.99. The molecule has 6 nitrogen and oxygen atoms in total. The monoisotopic (exact) mass is 336 g/mol. The van der Waals surface area contributed by atoms with Crippen LogP contribution in [0.15, 0.2) is 47.5 Å². The van der Waals surface area contributed by atoms with Gasteiger partial charge in [0.25, 0.3) is 5.56 Å². The first-order valence-corrected chi connectivity index (χ1v) is 7.99. The minimum atomic E-state index is -1.14. The van der Waals surface area contributed by atoms with Gasteiger partial charge in [-0.25, -0.2) is 9.97 Å². The molecule has 0 aromatic carbocycles. The van der Waals surface area contributed by atoms with Gasteiger partial charge in [-0.05, 0) is 51.5 Å². The normalized spacial score (nSPS) is 11.6. The molecule has 0 amide bonds. The van der Waals surface area contributed by atoms with Gasteiger partial charge in [0.1, 0.15) is 5.60 Å². The van der Waals surface area contributed by atoms with Crippen LogP contribution in [0.1, 0.15) is 30.9 Å². The average Bonchev–Trinajstić information content (AvgIpc) is 2.55. The molecule has 0 unspecified atom stereocenters. The first kappa shape index (κ1) is 17.0. The summed E-state index contributed by atoms with van der Waals surface area (Å²) in [5, 5.41) is 10.1. The molecule has 128 valence electrons. The van der Waals surface area contributed by atoms with Gasteiger partial charge in [0.2, 0.25) is 0 Å². The van der Waals surface area contributed by atoms with Crippen LogP contribution in [0.5, 0.6) is 0 Å². The summed E-state index contributed by atoms with van der Waals surface area (Å²) in [4.78, 5) is 25.3. The number of aliphatic hydroxyl groups is 1. The maximum atomic E-state index is 12.3. The number of nitrogens with zero attached hydrogens (tertiary/aromatic N) is 4. The lowest BCUT2D eigenvalue weighted by atomic mass is 10.1. The highest BCUT2D eigenvalue weighted by Gasteiger charge is 2.20. The second-order valence-electron chi connectivity index (χ2n) is 6.52. The summed E-state index contributed by atoms with van der Waals surface area (Å²) >= 11 is 0. The SMILES string of the molecule is Cc1cnc(-c2ccnc(C(C)(C)O)n2)cc1-n1c(C)cccc1=O. The largest absolute Gasteiger partial charge is 0.382 e. The van der Waals surface area contributed by atoms with Crippen molar-refractivity contribution in [1.29, 1.82) is 0 Å². The number of hydrogen-bond acceptors (Lipinski definition) is 5. The molecule has 0 saturated carbocycles. The Morgan fingerprint density at radius 1 is 1.08 bits per heavy atom. The van der Waals surface area contributed by atoms with E-state index in [2.05, 4.69) is 15.0 Å². The highest BCUT2D eigenvalue weighted by molar-refractivity contribution is 5.59. The van der Waals surface area contributed by atoms with Gasteiger partial charge in [-0.3, -0.25) is 14.3 Å². The van der Waals surface area contributed by atoms with Gasteiger partial charge >= 0.3 is 0 Å². The Bertz CT molecular complexity index is 987. The van der Waals surface area contributed by atoms with Crippen LogP contribution in [0.4, 0.5) is 0 Å². The van der Waals surface area contributed by atoms with Crippen LogP contribution in [0.3, 0.4) is 0 Å². The summed E-state index contributed by atoms with van der Waals surface area (Å²) in [6.45, 7) is 7.06. The van der Waals surface area contributed by atoms with Crippen LogP contribution < -0.4 is 5.56 Å². The molecule has 0 spiro atoms. The summed E-state index contributed by atoms with van der Waals surface area (Å²) in [5.74, 6) is 0.321. The summed E-state index contributed by atoms with van der Waals surface area (Å²) in [7, 11) is 0. The van der Waals surface area contributed by atoms with E-state index in [1.54, 1.807) is 42.9 Å². The summed E-state index contributed by atoms with van der Waals surface area (Å²) in [6, 6.07) is 8.73. The molecule has 0 atom stereocenters. The zero-order valence-corrected chi connectivity index (χ0v) is 14.7. The summed E-state index contributed by atoms with van der Waals surface area (Å²) in [5.41, 5.74) is 2.45. The van der Waals surface area contributed by atoms with Gasteiger partial charge < -0.3 is 5.11 Å². The van der Waals surface area contributed by atoms with Crippen molar-refractivity contribution in [2.75, 3.05) is 0 Å². The summed E-state index contributed by atoms with van der Waals surface area (Å²) < 4.78 is 1.65. The molecule has 6 heteroatoms. The zero-order valence-electron chi connectivity index (χ0n) is 14.7. The number of aryl methyl sites for hydroxylation is 2. The fourth-order valence-electron chi connectivity index (χ4n) is 2.59. The lowest BCUT2D eigenvalue weighted by molar-refractivity contribution is 0.0688. The molecule has 0 saturated heterocycles. The fraction of sp³-hybridized carbons (Fsp3) is 0.263. The lowest BCUT2D eigenvalue weighted by Crippen LogP contribution is -2.20. The maximum absolute atomic E-state index is 12.3. The van der Waals surface area contributed by atoms with Crippen molar-refractivity contribution in [2.24, 2.45) is 0 Å². The molecule has 0 fully saturated rings. The number of aromatic nitrogens is 4. The van der Waals surface area contributed by atoms with Crippen molar-refractivity contribution in [3.8, 4) is 17.1 Å². The third kappa shape index (κ3) is 3.34. The van der Waals surface area contributed by atoms with Crippen molar-refractivity contribution in [1.82, 2.24) is 19.5 Å². The molecule has 3 aromatic heterocycles. The van der Waals surface area contributed by atoms with E-state index in [1.807, 2.05) is 26.0 Å². The highest BCUT2D eigenvalue weighted by atomic mass is 16.3. The van der Waals surface area contributed by atoms with Crippen LogP contribution in [0.25, 0.3) is 17.1 Å². The Morgan fingerprint density at radius 3 is 2.52 bits per heavy atom. The van der Waals surface area contributed by atoms with E-state index < -0.39 is 5.60 Å². The van der Waals surface area contributed by atoms with Gasteiger partial charge in [0, 0.05) is 24.2 Å². The van der Waals surface area contributed by atoms with Crippen molar-refractivity contribution >= 4 is 0 Å². The minimum Gasteiger partial charge on any atom is -0.382 e. The van der Waals surface area contributed by atoms with E-state index in [0.29, 0.717) is 17.2 Å². The molecule has 3 heterocycles. The number of rotatable bonds is 3. The van der Waals surface area contributed by atoms with Gasteiger partial charge in [-0.2, -0.15) is 0 Å². The standard InChI is InChI=1S/C19H20N4O2/c1-12-11-21-15(14-8-9-20-18(22-14)19(3,4)25)10-16(12)23-13(2)6-5-7-17(23)24/h5-11,25H,1-4H3. The highest BCUT2D eigenvalue weighted by Crippen LogP contribution is 2.23. The van der Waals surface area contributed by atoms with Crippen LogP contribution in [-0.2, 0) is 5.60 Å². The molecule has 0 aliphatic carbocycles. The van der Waals surface area contributed by atoms with Crippen molar-refractivity contribution in [2.45, 2.75) is 33.3 Å². The molecular formula is C19H20N4O2. The fourth-order valence-corrected chi connectivity index (χ4v) is 2.59. The molecule has 25 heavy (non-hydrogen) atoms. The average molecular weight is 336 g/mol. The molecule has 0 radical (unpaired) electrons. The predicted octanol–water partition coefficient (Wildman–Crippen LogP) is 2.53. The Balaban J connectivity index is 2.17. The maximum Gasteiger partial charge on any atom is 0.255 e. The Morgan fingerprint density at radius 2 is 1.84 bits per heavy atom. The Labute approximate surface area is 145 Å². The first-order chi connectivity index (χ1) is 11.8. The third-order valence-corrected chi connectivity index (χ3v) is 3.93. The van der Waals surface area contributed by atoms with Crippen molar-refractivity contribution in [3.63, 3.8) is 0 Å². The molecule has 3 aromatic rings. The van der Waals surface area contributed by atoms with Gasteiger partial charge in [-0.1, -0.05) is 6.07 Å². The third-order valence-electron chi connectivity index (χ3n) is 3.93. The van der Waals surface area contributed by atoms with E-state index in [9.17, 15) is 9.90 Å². The van der Waals surface area contributed by atoms with Gasteiger partial charge in [-0.15, -0.1) is 0 Å². The predicted molar refractivity (Wildman–Crippen MR) is 95.6 cm³/mol. The smallest absolute Gasteiger partial charge is 0.255 e. The van der Waals surface area contributed by atoms with E-state index in [-0.39, 0.29) is 5.56 Å². The Hall–Kier alpha value is -2.86. The number of pyridine rings is 2. The van der Waals surface area contributed by atoms with E-state index in [4.69, 9.17) is 0 Å². The molecule has 0 bridgehead atoms. The molecule has 1 N–H and O–H groups in total. The molecular weight excluding hydrogens is 316 g/mol. The van der Waals surface area contributed by atoms with E-state index in [0.717, 1.165) is 16.9 Å². The van der Waals surface area contributed by atoms with Crippen LogP contribution in [0.2, 0.25) is 0 Å². The van der Waals surface area contributed by atoms with Crippen LogP contribution in [0, 0.1) is 13.8 Å². The number of hydrogen-bond donors (Lipinski definition) is 1. The second kappa shape index (κ2) is 6.22. The molecule has 0 aliphatic heterocycles. The topological polar surface area (TPSA) is 80.9 Å². The Kier molecular flexibility index (Phi) is 4.22. The minimum absolute atomic E-state index is 0.0971. The molecule has 0 aliphatic rings. The van der Waals surface area contributed by atoms with E-state index >= 15 is 0 Å². The van der Waals surface area contributed by atoms with Crippen LogP contribution >= 0.6 is 0 Å². The van der Waals surface area contributed by atoms with E-state index in [1.165, 1.54) is 6.07 Å². The quantitative estimate of drug-likeness (QED) is 0.795. The molecule has 3 rings (SSSR count). The van der Waals surface area contributed by atoms with Crippen molar-refractivity contribution in [3.05, 3.63) is 70.2 Å². The summed E-state index contributed by atoms with van der Waals surface area (Å²) in [6.07, 6.45) is 3.31. The zero-order chi connectivity index (χ0) is 18.2.